The quantitative estimate of drug-likeness (QED) is 0.652. The van der Waals surface area contributed by atoms with Gasteiger partial charge in [-0.05, 0) is 67.9 Å². The topological polar surface area (TPSA) is 84.9 Å². The van der Waals surface area contributed by atoms with Gasteiger partial charge in [0, 0.05) is 6.07 Å². The summed E-state index contributed by atoms with van der Waals surface area (Å²) in [5.41, 5.74) is 4.20. The molecule has 7 nitrogen and oxygen atoms in total. The van der Waals surface area contributed by atoms with Crippen molar-refractivity contribution in [1.29, 1.82) is 0 Å². The zero-order chi connectivity index (χ0) is 22.7. The van der Waals surface area contributed by atoms with E-state index < -0.39 is 10.0 Å². The number of benzene rings is 2. The highest BCUT2D eigenvalue weighted by Crippen LogP contribution is 2.36. The number of rotatable bonds is 8. The first-order chi connectivity index (χ1) is 15.4. The maximum Gasteiger partial charge on any atom is 0.241 e. The molecule has 4 rings (SSSR count). The largest absolute Gasteiger partial charge is 0.454 e. The van der Waals surface area contributed by atoms with Gasteiger partial charge in [0.25, 0.3) is 0 Å². The lowest BCUT2D eigenvalue weighted by molar-refractivity contribution is -0.120. The van der Waals surface area contributed by atoms with E-state index in [1.165, 1.54) is 24.0 Å². The number of sulfonamides is 1. The molecule has 1 heterocycles. The van der Waals surface area contributed by atoms with Crippen LogP contribution in [0.2, 0.25) is 0 Å². The number of carbonyl (C=O) groups is 1. The van der Waals surface area contributed by atoms with Crippen LogP contribution in [0.3, 0.4) is 0 Å². The number of fused-ring (bicyclic) bond motifs is 2. The predicted octanol–water partition coefficient (Wildman–Crippen LogP) is 3.72. The first kappa shape index (κ1) is 22.5. The van der Waals surface area contributed by atoms with E-state index in [-0.39, 0.29) is 31.0 Å². The lowest BCUT2D eigenvalue weighted by atomic mass is 9.89. The van der Waals surface area contributed by atoms with E-state index in [9.17, 15) is 13.2 Å². The number of carbonyl (C=O) groups excluding carboxylic acids is 1. The number of nitrogens with one attached hydrogen (secondary N) is 1. The van der Waals surface area contributed by atoms with Crippen molar-refractivity contribution in [3.63, 3.8) is 0 Å². The number of nitrogens with zero attached hydrogens (tertiary/aromatic N) is 1. The minimum atomic E-state index is -3.67. The van der Waals surface area contributed by atoms with Crippen LogP contribution in [0.1, 0.15) is 55.8 Å². The highest BCUT2D eigenvalue weighted by molar-refractivity contribution is 7.92. The second-order valence-corrected chi connectivity index (χ2v) is 10.4. The molecule has 0 aromatic heterocycles. The van der Waals surface area contributed by atoms with Crippen molar-refractivity contribution in [2.45, 2.75) is 52.0 Å². The summed E-state index contributed by atoms with van der Waals surface area (Å²) < 4.78 is 37.4. The van der Waals surface area contributed by atoms with Crippen molar-refractivity contribution in [2.24, 2.45) is 0 Å². The van der Waals surface area contributed by atoms with E-state index in [1.807, 2.05) is 6.92 Å². The summed E-state index contributed by atoms with van der Waals surface area (Å²) in [5, 5.41) is 3.04. The molecule has 172 valence electrons. The van der Waals surface area contributed by atoms with Gasteiger partial charge in [0.2, 0.25) is 22.7 Å². The van der Waals surface area contributed by atoms with Crippen LogP contribution in [0.5, 0.6) is 11.5 Å². The number of hydrogen-bond donors (Lipinski definition) is 1. The summed E-state index contributed by atoms with van der Waals surface area (Å²) in [6.07, 6.45) is 5.31. The van der Waals surface area contributed by atoms with E-state index in [0.29, 0.717) is 17.2 Å². The number of anilines is 1. The minimum Gasteiger partial charge on any atom is -0.454 e. The Bertz CT molecular complexity index is 1100. The smallest absolute Gasteiger partial charge is 0.241 e. The first-order valence-corrected chi connectivity index (χ1v) is 12.8. The van der Waals surface area contributed by atoms with E-state index in [2.05, 4.69) is 23.5 Å². The van der Waals surface area contributed by atoms with Crippen molar-refractivity contribution >= 4 is 21.6 Å². The summed E-state index contributed by atoms with van der Waals surface area (Å²) in [6, 6.07) is 11.2. The second kappa shape index (κ2) is 9.40. The summed E-state index contributed by atoms with van der Waals surface area (Å²) in [5.74, 6) is 0.575. The Labute approximate surface area is 189 Å². The van der Waals surface area contributed by atoms with Gasteiger partial charge in [-0.1, -0.05) is 25.1 Å². The molecular formula is C24H30N2O5S. The molecule has 2 aromatic rings. The molecule has 0 bridgehead atoms. The van der Waals surface area contributed by atoms with Crippen molar-refractivity contribution < 1.29 is 22.7 Å². The van der Waals surface area contributed by atoms with Crippen LogP contribution in [0, 0.1) is 0 Å². The summed E-state index contributed by atoms with van der Waals surface area (Å²) in [7, 11) is -3.67. The van der Waals surface area contributed by atoms with Crippen molar-refractivity contribution in [3.8, 4) is 11.5 Å². The molecule has 0 radical (unpaired) electrons. The zero-order valence-electron chi connectivity index (χ0n) is 18.6. The molecular weight excluding hydrogens is 428 g/mol. The molecule has 0 fully saturated rings. The molecule has 0 saturated heterocycles. The Kier molecular flexibility index (Phi) is 6.60. The Hall–Kier alpha value is -2.74. The fraction of sp³-hybridized carbons (Fsp3) is 0.458. The maximum absolute atomic E-state index is 13.0. The lowest BCUT2D eigenvalue weighted by Crippen LogP contribution is -2.42. The van der Waals surface area contributed by atoms with Crippen molar-refractivity contribution in [2.75, 3.05) is 23.4 Å². The van der Waals surface area contributed by atoms with Crippen LogP contribution in [-0.4, -0.2) is 33.4 Å². The third kappa shape index (κ3) is 4.70. The average Bonchev–Trinajstić information content (AvgIpc) is 3.28. The number of ether oxygens (including phenoxy) is 2. The van der Waals surface area contributed by atoms with E-state index in [1.54, 1.807) is 25.1 Å². The molecule has 0 spiro atoms. The van der Waals surface area contributed by atoms with Gasteiger partial charge in [0.15, 0.2) is 11.5 Å². The summed E-state index contributed by atoms with van der Waals surface area (Å²) in [4.78, 5) is 13.0. The van der Waals surface area contributed by atoms with Gasteiger partial charge in [-0.3, -0.25) is 9.10 Å². The highest BCUT2D eigenvalue weighted by Gasteiger charge is 2.27. The molecule has 1 amide bonds. The lowest BCUT2D eigenvalue weighted by Gasteiger charge is -2.26. The monoisotopic (exact) mass is 458 g/mol. The van der Waals surface area contributed by atoms with E-state index in [0.717, 1.165) is 29.1 Å². The maximum atomic E-state index is 13.0. The zero-order valence-corrected chi connectivity index (χ0v) is 19.4. The molecule has 1 atom stereocenters. The molecule has 8 heteroatoms. The predicted molar refractivity (Wildman–Crippen MR) is 124 cm³/mol. The summed E-state index contributed by atoms with van der Waals surface area (Å²) in [6.45, 7) is 3.38. The van der Waals surface area contributed by atoms with Crippen LogP contribution < -0.4 is 19.1 Å². The Balaban J connectivity index is 1.53. The second-order valence-electron chi connectivity index (χ2n) is 8.21. The number of hydrogen-bond acceptors (Lipinski definition) is 5. The number of aryl methyl sites for hydroxylation is 2. The van der Waals surface area contributed by atoms with Crippen molar-refractivity contribution in [3.05, 3.63) is 53.1 Å². The average molecular weight is 459 g/mol. The third-order valence-electron chi connectivity index (χ3n) is 6.15. The number of amides is 1. The normalized spacial score (nSPS) is 15.7. The van der Waals surface area contributed by atoms with Gasteiger partial charge >= 0.3 is 0 Å². The molecule has 1 unspecified atom stereocenters. The van der Waals surface area contributed by atoms with Gasteiger partial charge < -0.3 is 14.8 Å². The molecule has 2 aliphatic rings. The summed E-state index contributed by atoms with van der Waals surface area (Å²) >= 11 is 0. The molecule has 2 aromatic carbocycles. The molecule has 1 N–H and O–H groups in total. The minimum absolute atomic E-state index is 0.0960. The fourth-order valence-corrected chi connectivity index (χ4v) is 5.37. The van der Waals surface area contributed by atoms with Crippen LogP contribution in [-0.2, 0) is 27.7 Å². The van der Waals surface area contributed by atoms with Gasteiger partial charge in [-0.15, -0.1) is 0 Å². The Morgan fingerprint density at radius 1 is 1.03 bits per heavy atom. The van der Waals surface area contributed by atoms with Crippen LogP contribution >= 0.6 is 0 Å². The Morgan fingerprint density at radius 3 is 2.53 bits per heavy atom. The van der Waals surface area contributed by atoms with Crippen LogP contribution in [0.25, 0.3) is 0 Å². The van der Waals surface area contributed by atoms with Gasteiger partial charge in [0.05, 0.1) is 17.5 Å². The van der Waals surface area contributed by atoms with Crippen molar-refractivity contribution in [1.82, 2.24) is 5.32 Å². The van der Waals surface area contributed by atoms with Crippen LogP contribution in [0.15, 0.2) is 36.4 Å². The first-order valence-electron chi connectivity index (χ1n) is 11.2. The van der Waals surface area contributed by atoms with Gasteiger partial charge in [-0.2, -0.15) is 0 Å². The molecule has 1 aliphatic heterocycles. The third-order valence-corrected chi connectivity index (χ3v) is 7.89. The highest BCUT2D eigenvalue weighted by atomic mass is 32.2. The van der Waals surface area contributed by atoms with Gasteiger partial charge in [0.1, 0.15) is 6.54 Å². The van der Waals surface area contributed by atoms with E-state index in [4.69, 9.17) is 9.47 Å². The SMILES string of the molecule is CCC(NC(=O)CN(c1ccc2c(c1)OCO2)S(=O)(=O)CC)c1ccc2c(c1)CCCC2. The fourth-order valence-electron chi connectivity index (χ4n) is 4.31. The van der Waals surface area contributed by atoms with Crippen LogP contribution in [0.4, 0.5) is 5.69 Å². The van der Waals surface area contributed by atoms with E-state index >= 15 is 0 Å². The molecule has 1 aliphatic carbocycles. The van der Waals surface area contributed by atoms with Gasteiger partial charge in [-0.25, -0.2) is 8.42 Å². The molecule has 32 heavy (non-hydrogen) atoms. The Morgan fingerprint density at radius 2 is 1.78 bits per heavy atom. The molecule has 0 saturated carbocycles. The standard InChI is InChI=1S/C24H30N2O5S/c1-3-21(19-10-9-17-7-5-6-8-18(17)13-19)25-24(27)15-26(32(28,29)4-2)20-11-12-22-23(14-20)31-16-30-22/h9-14,21H,3-8,15-16H2,1-2H3,(H,25,27).